The Balaban J connectivity index is 1.30. The van der Waals surface area contributed by atoms with Crippen molar-refractivity contribution in [1.82, 2.24) is 14.8 Å². The van der Waals surface area contributed by atoms with Crippen LogP contribution in [0.2, 0.25) is 10.0 Å². The molecule has 2 aliphatic heterocycles. The first-order chi connectivity index (χ1) is 20.4. The second-order valence-corrected chi connectivity index (χ2v) is 13.2. The van der Waals surface area contributed by atoms with Crippen LogP contribution >= 0.6 is 46.6 Å². The number of alkyl halides is 3. The van der Waals surface area contributed by atoms with E-state index in [1.54, 1.807) is 29.2 Å². The highest BCUT2D eigenvalue weighted by Crippen LogP contribution is 2.42. The average Bonchev–Trinajstić information content (AvgIpc) is 3.67. The van der Waals surface area contributed by atoms with Crippen molar-refractivity contribution in [1.29, 1.82) is 0 Å². The van der Waals surface area contributed by atoms with E-state index in [-0.39, 0.29) is 50.3 Å². The summed E-state index contributed by atoms with van der Waals surface area (Å²) in [7, 11) is 0. The molecule has 3 heterocycles. The zero-order valence-electron chi connectivity index (χ0n) is 22.5. The molecule has 1 aliphatic carbocycles. The van der Waals surface area contributed by atoms with Crippen LogP contribution in [0.5, 0.6) is 5.75 Å². The number of urea groups is 1. The lowest BCUT2D eigenvalue weighted by Crippen LogP contribution is -2.50. The number of carbonyl (C=O) groups is 2. The van der Waals surface area contributed by atoms with Gasteiger partial charge in [0.25, 0.3) is 11.5 Å². The summed E-state index contributed by atoms with van der Waals surface area (Å²) in [5.74, 6) is -0.286. The molecule has 0 unspecified atom stereocenters. The number of amides is 3. The first kappa shape index (κ1) is 30.1. The minimum atomic E-state index is -3.90. The van der Waals surface area contributed by atoms with Crippen LogP contribution in [-0.4, -0.2) is 51.5 Å². The number of fused-ring (bicyclic) bond motifs is 1. The van der Waals surface area contributed by atoms with Gasteiger partial charge in [0.2, 0.25) is 0 Å². The van der Waals surface area contributed by atoms with Gasteiger partial charge in [0, 0.05) is 42.5 Å². The molecule has 226 valence electrons. The summed E-state index contributed by atoms with van der Waals surface area (Å²) in [6, 6.07) is 8.67. The van der Waals surface area contributed by atoms with Crippen molar-refractivity contribution in [2.75, 3.05) is 24.5 Å². The number of carbonyl (C=O) groups excluding carboxylic acids is 2. The fourth-order valence-corrected chi connectivity index (χ4v) is 7.13. The van der Waals surface area contributed by atoms with Crippen molar-refractivity contribution in [3.63, 3.8) is 0 Å². The largest absolute Gasteiger partial charge is 0.506 e. The molecule has 2 fully saturated rings. The fraction of sp³-hybridized carbons (Fsp3) is 0.345. The molecule has 0 radical (unpaired) electrons. The zero-order valence-corrected chi connectivity index (χ0v) is 25.6. The highest BCUT2D eigenvalue weighted by atomic mass is 35.5. The van der Waals surface area contributed by atoms with E-state index in [1.165, 1.54) is 11.0 Å². The van der Waals surface area contributed by atoms with Crippen LogP contribution < -0.4 is 10.5 Å². The molecule has 2 N–H and O–H groups in total. The number of H-pyrrole nitrogens is 1. The molecule has 1 aromatic heterocycles. The van der Waals surface area contributed by atoms with E-state index in [2.05, 4.69) is 0 Å². The summed E-state index contributed by atoms with van der Waals surface area (Å²) in [6.45, 7) is 1.94. The maximum absolute atomic E-state index is 14.1. The maximum atomic E-state index is 14.1. The van der Waals surface area contributed by atoms with Gasteiger partial charge < -0.3 is 19.9 Å². The lowest BCUT2D eigenvalue weighted by Gasteiger charge is -2.36. The number of hydrogen-bond donors (Lipinski definition) is 2. The highest BCUT2D eigenvalue weighted by Gasteiger charge is 2.36. The Hall–Kier alpha value is -2.99. The highest BCUT2D eigenvalue weighted by molar-refractivity contribution is 7.99. The zero-order chi connectivity index (χ0) is 30.6. The van der Waals surface area contributed by atoms with E-state index in [9.17, 15) is 28.3 Å². The van der Waals surface area contributed by atoms with Gasteiger partial charge in [0.1, 0.15) is 17.0 Å². The van der Waals surface area contributed by atoms with Crippen LogP contribution in [0, 0.1) is 5.92 Å². The standard InChI is InChI=1S/C29H25Cl3F2N4O4S/c30-18-3-1-4-19(31)25(18)43-22-11-23(29(32,33)34)35-26(40)24(22)27(41)37-13-16-9-20(21(39)10-17(16)14-37)38-8-2-7-36(28(38)42)12-15-5-6-15/h1,3-4,9-11,15,39H,2,5-8,12-14H2,(H,35,40). The Morgan fingerprint density at radius 1 is 1.07 bits per heavy atom. The molecule has 8 nitrogen and oxygen atoms in total. The monoisotopic (exact) mass is 668 g/mol. The molecule has 0 spiro atoms. The molecule has 1 saturated heterocycles. The third-order valence-electron chi connectivity index (χ3n) is 7.73. The van der Waals surface area contributed by atoms with Gasteiger partial charge >= 0.3 is 11.4 Å². The quantitative estimate of drug-likeness (QED) is 0.264. The van der Waals surface area contributed by atoms with Gasteiger partial charge in [-0.2, -0.15) is 8.78 Å². The van der Waals surface area contributed by atoms with Crippen LogP contribution in [0.1, 0.15) is 46.4 Å². The van der Waals surface area contributed by atoms with Crippen LogP contribution in [0.4, 0.5) is 19.3 Å². The van der Waals surface area contributed by atoms with E-state index >= 15 is 0 Å². The number of anilines is 1. The Kier molecular flexibility index (Phi) is 8.04. The average molecular weight is 670 g/mol. The van der Waals surface area contributed by atoms with Gasteiger partial charge in [0.05, 0.1) is 15.7 Å². The SMILES string of the molecule is O=C(c1c(Sc2c(Cl)cccc2Cl)cc(C(F)(F)Cl)[nH]c1=O)N1Cc2cc(O)c(N3CCCN(CC4CC4)C3=O)cc2C1. The predicted molar refractivity (Wildman–Crippen MR) is 161 cm³/mol. The number of hydrogen-bond acceptors (Lipinski definition) is 5. The van der Waals surface area contributed by atoms with Crippen molar-refractivity contribution in [3.8, 4) is 5.75 Å². The number of halogens is 5. The molecular formula is C29H25Cl3F2N4O4S. The van der Waals surface area contributed by atoms with Crippen LogP contribution in [0.3, 0.4) is 0 Å². The molecule has 3 aliphatic rings. The number of nitrogens with zero attached hydrogens (tertiary/aromatic N) is 3. The number of rotatable bonds is 7. The molecule has 3 amide bonds. The summed E-state index contributed by atoms with van der Waals surface area (Å²) in [5, 5.41) is 7.40. The van der Waals surface area contributed by atoms with Crippen molar-refractivity contribution in [3.05, 3.63) is 79.2 Å². The molecular weight excluding hydrogens is 645 g/mol. The van der Waals surface area contributed by atoms with Crippen LogP contribution in [0.15, 0.2) is 51.0 Å². The second kappa shape index (κ2) is 11.5. The van der Waals surface area contributed by atoms with Gasteiger partial charge in [-0.3, -0.25) is 14.5 Å². The third kappa shape index (κ3) is 6.05. The Morgan fingerprint density at radius 3 is 2.40 bits per heavy atom. The van der Waals surface area contributed by atoms with E-state index < -0.39 is 22.5 Å². The topological polar surface area (TPSA) is 96.9 Å². The summed E-state index contributed by atoms with van der Waals surface area (Å²) in [4.78, 5) is 47.1. The van der Waals surface area contributed by atoms with Crippen molar-refractivity contribution >= 4 is 64.2 Å². The minimum absolute atomic E-state index is 0.0492. The smallest absolute Gasteiger partial charge is 0.362 e. The molecule has 6 rings (SSSR count). The first-order valence-electron chi connectivity index (χ1n) is 13.6. The lowest BCUT2D eigenvalue weighted by atomic mass is 10.1. The van der Waals surface area contributed by atoms with Gasteiger partial charge in [-0.1, -0.05) is 41.0 Å². The van der Waals surface area contributed by atoms with E-state index in [1.807, 2.05) is 9.88 Å². The van der Waals surface area contributed by atoms with E-state index in [4.69, 9.17) is 34.8 Å². The number of benzene rings is 2. The van der Waals surface area contributed by atoms with Crippen molar-refractivity contribution in [2.45, 2.75) is 47.5 Å². The minimum Gasteiger partial charge on any atom is -0.506 e. The molecule has 43 heavy (non-hydrogen) atoms. The van der Waals surface area contributed by atoms with Crippen molar-refractivity contribution < 1.29 is 23.5 Å². The fourth-order valence-electron chi connectivity index (χ4n) is 5.39. The lowest BCUT2D eigenvalue weighted by molar-refractivity contribution is 0.0740. The third-order valence-corrected chi connectivity index (χ3v) is 9.97. The molecule has 1 saturated carbocycles. The van der Waals surface area contributed by atoms with Gasteiger partial charge in [-0.25, -0.2) is 4.79 Å². The number of aromatic amines is 1. The normalized spacial score (nSPS) is 17.0. The number of pyridine rings is 1. The van der Waals surface area contributed by atoms with Crippen LogP contribution in [-0.2, 0) is 18.5 Å². The Labute approximate surface area is 264 Å². The predicted octanol–water partition coefficient (Wildman–Crippen LogP) is 7.02. The van der Waals surface area contributed by atoms with Gasteiger partial charge in [-0.15, -0.1) is 0 Å². The summed E-state index contributed by atoms with van der Waals surface area (Å²) in [5.41, 5.74) is -0.640. The first-order valence-corrected chi connectivity index (χ1v) is 15.5. The molecule has 0 bridgehead atoms. The number of aromatic hydroxyl groups is 1. The van der Waals surface area contributed by atoms with Gasteiger partial charge in [-0.05, 0) is 78.2 Å². The number of phenols is 1. The van der Waals surface area contributed by atoms with E-state index in [0.717, 1.165) is 37.1 Å². The summed E-state index contributed by atoms with van der Waals surface area (Å²) >= 11 is 18.6. The summed E-state index contributed by atoms with van der Waals surface area (Å²) in [6.07, 6.45) is 2.99. The molecule has 3 aromatic rings. The number of aromatic nitrogens is 1. The number of nitrogens with one attached hydrogen (secondary N) is 1. The number of phenolic OH excluding ortho intramolecular Hbond substituents is 1. The summed E-state index contributed by atoms with van der Waals surface area (Å²) < 4.78 is 28.1. The second-order valence-electron chi connectivity index (χ2n) is 10.8. The Morgan fingerprint density at radius 2 is 1.74 bits per heavy atom. The molecule has 2 aromatic carbocycles. The van der Waals surface area contributed by atoms with Gasteiger partial charge in [0.15, 0.2) is 0 Å². The van der Waals surface area contributed by atoms with Crippen LogP contribution in [0.25, 0.3) is 0 Å². The Bertz CT molecular complexity index is 1680. The maximum Gasteiger partial charge on any atom is 0.362 e. The van der Waals surface area contributed by atoms with Crippen molar-refractivity contribution in [2.24, 2.45) is 5.92 Å². The molecule has 0 atom stereocenters. The molecule has 14 heteroatoms. The van der Waals surface area contributed by atoms with E-state index in [0.29, 0.717) is 42.4 Å².